The van der Waals surface area contributed by atoms with Crippen molar-refractivity contribution in [2.24, 2.45) is 5.73 Å². The largest absolute Gasteiger partial charge is 0.381 e. The van der Waals surface area contributed by atoms with Crippen molar-refractivity contribution >= 4 is 23.2 Å². The molecule has 2 rings (SSSR count). The monoisotopic (exact) mass is 210 g/mol. The van der Waals surface area contributed by atoms with E-state index in [1.165, 1.54) is 0 Å². The quantitative estimate of drug-likeness (QED) is 0.802. The molecule has 1 amide bonds. The molecule has 0 aromatic heterocycles. The summed E-state index contributed by atoms with van der Waals surface area (Å²) in [5.41, 5.74) is 6.45. The van der Waals surface area contributed by atoms with Gasteiger partial charge in [0.05, 0.1) is 10.7 Å². The van der Waals surface area contributed by atoms with Gasteiger partial charge in [-0.15, -0.1) is 0 Å². The fourth-order valence-corrected chi connectivity index (χ4v) is 1.41. The third kappa shape index (κ3) is 1.99. The fourth-order valence-electron chi connectivity index (χ4n) is 1.24. The highest BCUT2D eigenvalue weighted by Crippen LogP contribution is 2.29. The summed E-state index contributed by atoms with van der Waals surface area (Å²) in [6, 6.07) is 5.52. The molecule has 3 nitrogen and oxygen atoms in total. The first-order valence-corrected chi connectivity index (χ1v) is 4.90. The minimum absolute atomic E-state index is 0.430. The predicted molar refractivity (Wildman–Crippen MR) is 56.6 cm³/mol. The highest BCUT2D eigenvalue weighted by Gasteiger charge is 2.21. The van der Waals surface area contributed by atoms with E-state index < -0.39 is 5.91 Å². The van der Waals surface area contributed by atoms with Gasteiger partial charge in [0.25, 0.3) is 0 Å². The zero-order valence-electron chi connectivity index (χ0n) is 7.59. The molecule has 1 aliphatic rings. The van der Waals surface area contributed by atoms with E-state index in [4.69, 9.17) is 17.3 Å². The molecule has 74 valence electrons. The zero-order valence-corrected chi connectivity index (χ0v) is 8.34. The van der Waals surface area contributed by atoms with Crippen LogP contribution in [0.2, 0.25) is 5.02 Å². The summed E-state index contributed by atoms with van der Waals surface area (Å²) in [7, 11) is 0. The van der Waals surface area contributed by atoms with Gasteiger partial charge in [0.15, 0.2) is 0 Å². The molecule has 0 unspecified atom stereocenters. The molecule has 1 aliphatic carbocycles. The maximum Gasteiger partial charge on any atom is 0.248 e. The lowest BCUT2D eigenvalue weighted by Crippen LogP contribution is -2.11. The van der Waals surface area contributed by atoms with E-state index in [9.17, 15) is 4.79 Å². The maximum atomic E-state index is 10.9. The number of rotatable bonds is 3. The van der Waals surface area contributed by atoms with Gasteiger partial charge in [-0.1, -0.05) is 11.6 Å². The number of benzene rings is 1. The van der Waals surface area contributed by atoms with Crippen molar-refractivity contribution in [1.29, 1.82) is 0 Å². The lowest BCUT2D eigenvalue weighted by molar-refractivity contribution is 0.100. The second kappa shape index (κ2) is 3.50. The smallest absolute Gasteiger partial charge is 0.248 e. The lowest BCUT2D eigenvalue weighted by Gasteiger charge is -2.07. The van der Waals surface area contributed by atoms with E-state index >= 15 is 0 Å². The number of amides is 1. The molecule has 0 heterocycles. The highest BCUT2D eigenvalue weighted by atomic mass is 35.5. The Morgan fingerprint density at radius 2 is 2.21 bits per heavy atom. The number of carbonyl (C=O) groups is 1. The number of nitrogens with two attached hydrogens (primary N) is 1. The molecule has 1 aromatic rings. The molecule has 0 atom stereocenters. The zero-order chi connectivity index (χ0) is 10.1. The molecule has 0 radical (unpaired) electrons. The Bertz CT molecular complexity index is 374. The van der Waals surface area contributed by atoms with Gasteiger partial charge in [-0.05, 0) is 31.0 Å². The van der Waals surface area contributed by atoms with E-state index in [-0.39, 0.29) is 0 Å². The van der Waals surface area contributed by atoms with Crippen molar-refractivity contribution in [1.82, 2.24) is 0 Å². The number of hydrogen-bond donors (Lipinski definition) is 2. The average Bonchev–Trinajstić information content (AvgIpc) is 2.92. The van der Waals surface area contributed by atoms with Crippen LogP contribution in [0, 0.1) is 0 Å². The van der Waals surface area contributed by atoms with Gasteiger partial charge in [0.1, 0.15) is 0 Å². The number of primary amides is 1. The molecule has 0 saturated heterocycles. The van der Waals surface area contributed by atoms with Gasteiger partial charge < -0.3 is 11.1 Å². The van der Waals surface area contributed by atoms with Crippen LogP contribution in [0.1, 0.15) is 23.2 Å². The van der Waals surface area contributed by atoms with Crippen molar-refractivity contribution in [2.45, 2.75) is 18.9 Å². The third-order valence-corrected chi connectivity index (χ3v) is 2.52. The second-order valence-corrected chi connectivity index (χ2v) is 3.88. The Morgan fingerprint density at radius 3 is 2.79 bits per heavy atom. The van der Waals surface area contributed by atoms with Gasteiger partial charge >= 0.3 is 0 Å². The van der Waals surface area contributed by atoms with Crippen LogP contribution in [0.5, 0.6) is 0 Å². The molecule has 1 fully saturated rings. The molecule has 14 heavy (non-hydrogen) atoms. The van der Waals surface area contributed by atoms with Crippen LogP contribution >= 0.6 is 11.6 Å². The predicted octanol–water partition coefficient (Wildman–Crippen LogP) is 2.01. The first-order chi connectivity index (χ1) is 6.66. The van der Waals surface area contributed by atoms with Crippen LogP contribution in [0.3, 0.4) is 0 Å². The first-order valence-electron chi connectivity index (χ1n) is 4.52. The minimum Gasteiger partial charge on any atom is -0.381 e. The molecule has 3 N–H and O–H groups in total. The summed E-state index contributed by atoms with van der Waals surface area (Å²) in [6.45, 7) is 0. The number of nitrogens with one attached hydrogen (secondary N) is 1. The number of halogens is 1. The molecule has 4 heteroatoms. The van der Waals surface area contributed by atoms with Gasteiger partial charge in [-0.3, -0.25) is 4.79 Å². The van der Waals surface area contributed by atoms with Gasteiger partial charge in [0, 0.05) is 11.6 Å². The van der Waals surface area contributed by atoms with Crippen molar-refractivity contribution in [3.63, 3.8) is 0 Å². The maximum absolute atomic E-state index is 10.9. The van der Waals surface area contributed by atoms with Gasteiger partial charge in [-0.2, -0.15) is 0 Å². The van der Waals surface area contributed by atoms with Crippen LogP contribution < -0.4 is 11.1 Å². The standard InChI is InChI=1S/C10H11ClN2O/c11-8-4-1-6(10(12)14)5-9(8)13-7-2-3-7/h1,4-5,7,13H,2-3H2,(H2,12,14). The second-order valence-electron chi connectivity index (χ2n) is 3.48. The van der Waals surface area contributed by atoms with Crippen LogP contribution in [0.15, 0.2) is 18.2 Å². The van der Waals surface area contributed by atoms with E-state index in [0.29, 0.717) is 16.6 Å². The molecule has 0 bridgehead atoms. The van der Waals surface area contributed by atoms with E-state index in [0.717, 1.165) is 18.5 Å². The Hall–Kier alpha value is -1.22. The Morgan fingerprint density at radius 1 is 1.50 bits per heavy atom. The summed E-state index contributed by atoms with van der Waals surface area (Å²) < 4.78 is 0. The SMILES string of the molecule is NC(=O)c1ccc(Cl)c(NC2CC2)c1. The number of hydrogen-bond acceptors (Lipinski definition) is 2. The van der Waals surface area contributed by atoms with Crippen LogP contribution in [-0.2, 0) is 0 Å². The first kappa shape index (κ1) is 9.34. The summed E-state index contributed by atoms with van der Waals surface area (Å²) in [4.78, 5) is 10.9. The molecule has 0 aliphatic heterocycles. The molecule has 1 saturated carbocycles. The normalized spacial score (nSPS) is 15.2. The number of anilines is 1. The average molecular weight is 211 g/mol. The summed E-state index contributed by atoms with van der Waals surface area (Å²) in [6.07, 6.45) is 2.33. The summed E-state index contributed by atoms with van der Waals surface area (Å²) in [5.74, 6) is -0.430. The molecular weight excluding hydrogens is 200 g/mol. The van der Waals surface area contributed by atoms with E-state index in [1.807, 2.05) is 0 Å². The topological polar surface area (TPSA) is 55.1 Å². The molecular formula is C10H11ClN2O. The van der Waals surface area contributed by atoms with Crippen molar-refractivity contribution in [3.05, 3.63) is 28.8 Å². The molecule has 0 spiro atoms. The van der Waals surface area contributed by atoms with Crippen molar-refractivity contribution < 1.29 is 4.79 Å². The fraction of sp³-hybridized carbons (Fsp3) is 0.300. The summed E-state index contributed by atoms with van der Waals surface area (Å²) >= 11 is 5.96. The highest BCUT2D eigenvalue weighted by molar-refractivity contribution is 6.33. The van der Waals surface area contributed by atoms with Crippen LogP contribution in [0.25, 0.3) is 0 Å². The van der Waals surface area contributed by atoms with E-state index in [2.05, 4.69) is 5.32 Å². The van der Waals surface area contributed by atoms with Crippen LogP contribution in [0.4, 0.5) is 5.69 Å². The Kier molecular flexibility index (Phi) is 2.33. The third-order valence-electron chi connectivity index (χ3n) is 2.19. The van der Waals surface area contributed by atoms with Crippen LogP contribution in [-0.4, -0.2) is 11.9 Å². The Balaban J connectivity index is 2.26. The van der Waals surface area contributed by atoms with Gasteiger partial charge in [-0.25, -0.2) is 0 Å². The summed E-state index contributed by atoms with van der Waals surface area (Å²) in [5, 5.41) is 3.87. The Labute approximate surface area is 87.2 Å². The van der Waals surface area contributed by atoms with Crippen molar-refractivity contribution in [3.8, 4) is 0 Å². The lowest BCUT2D eigenvalue weighted by atomic mass is 10.2. The van der Waals surface area contributed by atoms with E-state index in [1.54, 1.807) is 18.2 Å². The molecule has 1 aromatic carbocycles. The van der Waals surface area contributed by atoms with Gasteiger partial charge in [0.2, 0.25) is 5.91 Å². The van der Waals surface area contributed by atoms with Crippen molar-refractivity contribution in [2.75, 3.05) is 5.32 Å². The minimum atomic E-state index is -0.430. The number of carbonyl (C=O) groups excluding carboxylic acids is 1.